The van der Waals surface area contributed by atoms with Gasteiger partial charge >= 0.3 is 0 Å². The summed E-state index contributed by atoms with van der Waals surface area (Å²) < 4.78 is 31.5. The number of rotatable bonds is 3. The monoisotopic (exact) mass is 370 g/mol. The van der Waals surface area contributed by atoms with E-state index in [0.29, 0.717) is 18.5 Å². The molecule has 2 heterocycles. The molecule has 0 saturated heterocycles. The molecule has 7 heteroatoms. The van der Waals surface area contributed by atoms with Crippen LogP contribution < -0.4 is 4.90 Å². The summed E-state index contributed by atoms with van der Waals surface area (Å²) in [5.41, 5.74) is 2.24. The number of carbonyl (C=O) groups excluding carboxylic acids is 1. The first-order valence-electron chi connectivity index (χ1n) is 8.24. The second kappa shape index (κ2) is 5.96. The van der Waals surface area contributed by atoms with E-state index >= 15 is 0 Å². The number of benzene rings is 2. The highest BCUT2D eigenvalue weighted by Gasteiger charge is 2.29. The molecule has 1 amide bonds. The van der Waals surface area contributed by atoms with E-state index in [1.165, 1.54) is 18.4 Å². The molecule has 3 aromatic rings. The smallest absolute Gasteiger partial charge is 0.294 e. The molecule has 0 fully saturated rings. The van der Waals surface area contributed by atoms with Crippen molar-refractivity contribution in [3.63, 3.8) is 0 Å². The Kier molecular flexibility index (Phi) is 3.86. The van der Waals surface area contributed by atoms with E-state index in [0.717, 1.165) is 16.6 Å². The van der Waals surface area contributed by atoms with Crippen molar-refractivity contribution in [2.45, 2.75) is 11.3 Å². The quantitative estimate of drug-likeness (QED) is 0.711. The topological polar surface area (TPSA) is 70.8 Å². The average molecular weight is 370 g/mol. The Morgan fingerprint density at radius 3 is 2.62 bits per heavy atom. The maximum absolute atomic E-state index is 12.9. The highest BCUT2D eigenvalue weighted by Crippen LogP contribution is 2.32. The van der Waals surface area contributed by atoms with Gasteiger partial charge in [0.15, 0.2) is 5.76 Å². The van der Waals surface area contributed by atoms with E-state index in [2.05, 4.69) is 0 Å². The Labute approximate surface area is 151 Å². The highest BCUT2D eigenvalue weighted by molar-refractivity contribution is 7.89. The molecule has 1 aliphatic rings. The number of carbonyl (C=O) groups is 1. The molecule has 0 spiro atoms. The number of hydrogen-bond acceptors (Lipinski definition) is 4. The van der Waals surface area contributed by atoms with E-state index < -0.39 is 10.0 Å². The Bertz CT molecular complexity index is 1080. The molecule has 0 bridgehead atoms. The zero-order valence-corrected chi connectivity index (χ0v) is 15.3. The van der Waals surface area contributed by atoms with Gasteiger partial charge in [0.2, 0.25) is 10.0 Å². The summed E-state index contributed by atoms with van der Waals surface area (Å²) in [5, 5.41) is 0.877. The van der Waals surface area contributed by atoms with Crippen molar-refractivity contribution in [3.05, 3.63) is 59.9 Å². The number of furan rings is 1. The van der Waals surface area contributed by atoms with Crippen LogP contribution in [0.5, 0.6) is 0 Å². The second-order valence-electron chi connectivity index (χ2n) is 6.43. The van der Waals surface area contributed by atoms with Gasteiger partial charge in [-0.05, 0) is 42.3 Å². The molecule has 1 aliphatic heterocycles. The van der Waals surface area contributed by atoms with E-state index in [1.807, 2.05) is 24.3 Å². The molecular formula is C19H18N2O4S. The Morgan fingerprint density at radius 2 is 1.88 bits per heavy atom. The van der Waals surface area contributed by atoms with Gasteiger partial charge in [0.25, 0.3) is 5.91 Å². The fourth-order valence-corrected chi connectivity index (χ4v) is 4.13. The summed E-state index contributed by atoms with van der Waals surface area (Å²) in [7, 11) is -0.494. The summed E-state index contributed by atoms with van der Waals surface area (Å²) in [6.07, 6.45) is 0.609. The van der Waals surface area contributed by atoms with Crippen LogP contribution in [0.15, 0.2) is 57.8 Å². The second-order valence-corrected chi connectivity index (χ2v) is 8.59. The minimum absolute atomic E-state index is 0.219. The molecule has 4 rings (SSSR count). The molecule has 0 aliphatic carbocycles. The number of fused-ring (bicyclic) bond motifs is 2. The van der Waals surface area contributed by atoms with Crippen molar-refractivity contribution in [3.8, 4) is 0 Å². The van der Waals surface area contributed by atoms with Crippen LogP contribution in [0.1, 0.15) is 16.1 Å². The molecule has 1 aromatic heterocycles. The molecule has 134 valence electrons. The molecule has 0 N–H and O–H groups in total. The van der Waals surface area contributed by atoms with Gasteiger partial charge in [-0.3, -0.25) is 4.79 Å². The van der Waals surface area contributed by atoms with Crippen LogP contribution in [0.25, 0.3) is 11.0 Å². The zero-order chi connectivity index (χ0) is 18.5. The summed E-state index contributed by atoms with van der Waals surface area (Å²) in [6.45, 7) is 0.497. The maximum atomic E-state index is 12.9. The third-order valence-electron chi connectivity index (χ3n) is 4.61. The van der Waals surface area contributed by atoms with Crippen LogP contribution in [0, 0.1) is 0 Å². The number of amides is 1. The van der Waals surface area contributed by atoms with Gasteiger partial charge in [-0.2, -0.15) is 0 Å². The van der Waals surface area contributed by atoms with Gasteiger partial charge in [-0.15, -0.1) is 0 Å². The standard InChI is InChI=1S/C19H18N2O4S/c1-20(2)26(23,24)15-7-8-16-13(11-15)9-10-21(16)19(22)18-12-14-5-3-4-6-17(14)25-18/h3-8,11-12H,9-10H2,1-2H3. The number of hydrogen-bond donors (Lipinski definition) is 0. The van der Waals surface area contributed by atoms with Gasteiger partial charge in [0.05, 0.1) is 4.90 Å². The van der Waals surface area contributed by atoms with Crippen molar-refractivity contribution in [1.29, 1.82) is 0 Å². The van der Waals surface area contributed by atoms with E-state index in [-0.39, 0.29) is 16.6 Å². The molecule has 0 atom stereocenters. The van der Waals surface area contributed by atoms with E-state index in [9.17, 15) is 13.2 Å². The third kappa shape index (κ3) is 2.60. The van der Waals surface area contributed by atoms with Crippen molar-refractivity contribution in [1.82, 2.24) is 4.31 Å². The van der Waals surface area contributed by atoms with Gasteiger partial charge in [0.1, 0.15) is 5.58 Å². The van der Waals surface area contributed by atoms with Crippen LogP contribution in [0.2, 0.25) is 0 Å². The summed E-state index contributed by atoms with van der Waals surface area (Å²) >= 11 is 0. The Hall–Kier alpha value is -2.64. The molecule has 0 saturated carbocycles. The van der Waals surface area contributed by atoms with Crippen LogP contribution in [0.4, 0.5) is 5.69 Å². The molecule has 0 radical (unpaired) electrons. The predicted octanol–water partition coefficient (Wildman–Crippen LogP) is 2.89. The first-order valence-corrected chi connectivity index (χ1v) is 9.68. The predicted molar refractivity (Wildman–Crippen MR) is 98.9 cm³/mol. The van der Waals surface area contributed by atoms with Gasteiger partial charge in [-0.1, -0.05) is 18.2 Å². The fourth-order valence-electron chi connectivity index (χ4n) is 3.18. The molecule has 26 heavy (non-hydrogen) atoms. The van der Waals surface area contributed by atoms with E-state index in [1.54, 1.807) is 29.2 Å². The van der Waals surface area contributed by atoms with Crippen molar-refractivity contribution >= 4 is 32.6 Å². The Balaban J connectivity index is 1.68. The number of nitrogens with zero attached hydrogens (tertiary/aromatic N) is 2. The van der Waals surface area contributed by atoms with Crippen LogP contribution in [0.3, 0.4) is 0 Å². The minimum Gasteiger partial charge on any atom is -0.451 e. The summed E-state index contributed by atoms with van der Waals surface area (Å²) in [6, 6.07) is 14.1. The minimum atomic E-state index is -3.49. The lowest BCUT2D eigenvalue weighted by Gasteiger charge is -2.17. The van der Waals surface area contributed by atoms with Crippen molar-refractivity contribution in [2.75, 3.05) is 25.5 Å². The SMILES string of the molecule is CN(C)S(=O)(=O)c1ccc2c(c1)CCN2C(=O)c1cc2ccccc2o1. The first kappa shape index (κ1) is 16.8. The number of sulfonamides is 1. The number of para-hydroxylation sites is 1. The normalized spacial score (nSPS) is 14.2. The third-order valence-corrected chi connectivity index (χ3v) is 6.42. The van der Waals surface area contributed by atoms with Crippen molar-refractivity contribution in [2.24, 2.45) is 0 Å². The maximum Gasteiger partial charge on any atom is 0.294 e. The Morgan fingerprint density at radius 1 is 1.12 bits per heavy atom. The first-order chi connectivity index (χ1) is 12.4. The van der Waals surface area contributed by atoms with Gasteiger partial charge in [0, 0.05) is 31.7 Å². The fraction of sp³-hybridized carbons (Fsp3) is 0.211. The largest absolute Gasteiger partial charge is 0.451 e. The lowest BCUT2D eigenvalue weighted by Crippen LogP contribution is -2.28. The van der Waals surface area contributed by atoms with Crippen LogP contribution >= 0.6 is 0 Å². The number of anilines is 1. The lowest BCUT2D eigenvalue weighted by atomic mass is 10.2. The van der Waals surface area contributed by atoms with E-state index in [4.69, 9.17) is 4.42 Å². The molecular weight excluding hydrogens is 352 g/mol. The van der Waals surface area contributed by atoms with Crippen LogP contribution in [-0.4, -0.2) is 39.3 Å². The van der Waals surface area contributed by atoms with Gasteiger partial charge < -0.3 is 9.32 Å². The van der Waals surface area contributed by atoms with Gasteiger partial charge in [-0.25, -0.2) is 12.7 Å². The average Bonchev–Trinajstić information content (AvgIpc) is 3.24. The van der Waals surface area contributed by atoms with Crippen molar-refractivity contribution < 1.29 is 17.6 Å². The molecule has 6 nitrogen and oxygen atoms in total. The van der Waals surface area contributed by atoms with Crippen LogP contribution in [-0.2, 0) is 16.4 Å². The zero-order valence-electron chi connectivity index (χ0n) is 14.5. The summed E-state index contributed by atoms with van der Waals surface area (Å²) in [5.74, 6) is 0.0622. The molecule has 0 unspecified atom stereocenters. The lowest BCUT2D eigenvalue weighted by molar-refractivity contribution is 0.0965. The molecule has 2 aromatic carbocycles. The summed E-state index contributed by atoms with van der Waals surface area (Å²) in [4.78, 5) is 14.7. The highest BCUT2D eigenvalue weighted by atomic mass is 32.2.